The molecule has 0 amide bonds. The van der Waals surface area contributed by atoms with Crippen molar-refractivity contribution in [2.75, 3.05) is 11.9 Å². The maximum Gasteiger partial charge on any atom is 0.341 e. The van der Waals surface area contributed by atoms with Crippen LogP contribution in [0, 0.1) is 0 Å². The third-order valence-corrected chi connectivity index (χ3v) is 4.46. The van der Waals surface area contributed by atoms with E-state index in [2.05, 4.69) is 15.4 Å². The topological polar surface area (TPSA) is 89.3 Å². The summed E-state index contributed by atoms with van der Waals surface area (Å²) < 4.78 is 6.96. The van der Waals surface area contributed by atoms with E-state index in [1.54, 1.807) is 24.0 Å². The molecule has 1 saturated carbocycles. The number of carbonyl (C=O) groups excluding carboxylic acids is 1. The van der Waals surface area contributed by atoms with Crippen molar-refractivity contribution in [3.8, 4) is 0 Å². The molecular formula is C17H24N4O3. The number of hydrogen-bond acceptors (Lipinski definition) is 6. The highest BCUT2D eigenvalue weighted by Gasteiger charge is 2.24. The lowest BCUT2D eigenvalue weighted by atomic mass is 9.92. The Morgan fingerprint density at radius 2 is 2.25 bits per heavy atom. The number of nitrogens with one attached hydrogen (secondary N) is 1. The van der Waals surface area contributed by atoms with Gasteiger partial charge in [0.1, 0.15) is 5.56 Å². The van der Waals surface area contributed by atoms with Crippen LogP contribution in [-0.4, -0.2) is 44.6 Å². The van der Waals surface area contributed by atoms with Crippen LogP contribution in [0.4, 0.5) is 5.69 Å². The van der Waals surface area contributed by atoms with E-state index in [1.807, 2.05) is 6.92 Å². The molecule has 1 fully saturated rings. The van der Waals surface area contributed by atoms with Crippen LogP contribution in [-0.2, 0) is 11.3 Å². The molecule has 7 heteroatoms. The Labute approximate surface area is 141 Å². The highest BCUT2D eigenvalue weighted by atomic mass is 16.5. The normalized spacial score (nSPS) is 21.0. The highest BCUT2D eigenvalue weighted by Crippen LogP contribution is 2.30. The van der Waals surface area contributed by atoms with Gasteiger partial charge in [-0.15, -0.1) is 0 Å². The first-order valence-corrected chi connectivity index (χ1v) is 8.60. The summed E-state index contributed by atoms with van der Waals surface area (Å²) in [5.41, 5.74) is 1.86. The number of nitrogens with zero attached hydrogens (tertiary/aromatic N) is 3. The van der Waals surface area contributed by atoms with Gasteiger partial charge in [-0.05, 0) is 39.5 Å². The molecule has 2 aromatic heterocycles. The van der Waals surface area contributed by atoms with Gasteiger partial charge >= 0.3 is 5.97 Å². The zero-order chi connectivity index (χ0) is 17.1. The van der Waals surface area contributed by atoms with Gasteiger partial charge in [0, 0.05) is 18.8 Å². The van der Waals surface area contributed by atoms with Crippen molar-refractivity contribution in [1.29, 1.82) is 0 Å². The predicted octanol–water partition coefficient (Wildman–Crippen LogP) is 2.34. The van der Waals surface area contributed by atoms with Crippen molar-refractivity contribution in [3.63, 3.8) is 0 Å². The van der Waals surface area contributed by atoms with Crippen LogP contribution in [0.5, 0.6) is 0 Å². The fourth-order valence-corrected chi connectivity index (χ4v) is 3.28. The predicted molar refractivity (Wildman–Crippen MR) is 91.0 cm³/mol. The number of aliphatic hydroxyl groups is 1. The maximum atomic E-state index is 12.3. The van der Waals surface area contributed by atoms with Crippen LogP contribution in [0.25, 0.3) is 11.0 Å². The van der Waals surface area contributed by atoms with Gasteiger partial charge in [-0.1, -0.05) is 0 Å². The Morgan fingerprint density at radius 1 is 1.42 bits per heavy atom. The summed E-state index contributed by atoms with van der Waals surface area (Å²) >= 11 is 0. The number of esters is 1. The smallest absolute Gasteiger partial charge is 0.341 e. The zero-order valence-corrected chi connectivity index (χ0v) is 14.2. The van der Waals surface area contributed by atoms with Crippen molar-refractivity contribution in [3.05, 3.63) is 18.0 Å². The van der Waals surface area contributed by atoms with Gasteiger partial charge in [0.25, 0.3) is 0 Å². The summed E-state index contributed by atoms with van der Waals surface area (Å²) in [6.07, 6.45) is 6.43. The number of carbonyl (C=O) groups is 1. The van der Waals surface area contributed by atoms with Crippen LogP contribution < -0.4 is 5.32 Å². The van der Waals surface area contributed by atoms with Gasteiger partial charge in [-0.25, -0.2) is 14.5 Å². The van der Waals surface area contributed by atoms with E-state index in [-0.39, 0.29) is 12.1 Å². The van der Waals surface area contributed by atoms with Crippen LogP contribution in [0.15, 0.2) is 12.4 Å². The minimum absolute atomic E-state index is 0.123. The molecule has 0 radical (unpaired) electrons. The zero-order valence-electron chi connectivity index (χ0n) is 14.2. The monoisotopic (exact) mass is 332 g/mol. The molecule has 0 aromatic carbocycles. The van der Waals surface area contributed by atoms with Crippen LogP contribution in [0.1, 0.15) is 49.9 Å². The lowest BCUT2D eigenvalue weighted by Crippen LogP contribution is -2.30. The molecular weight excluding hydrogens is 308 g/mol. The highest BCUT2D eigenvalue weighted by molar-refractivity contribution is 6.04. The summed E-state index contributed by atoms with van der Waals surface area (Å²) in [5.74, 6) is -0.394. The fraction of sp³-hybridized carbons (Fsp3) is 0.588. The van der Waals surface area contributed by atoms with Gasteiger partial charge in [-0.2, -0.15) is 5.10 Å². The molecule has 2 heterocycles. The van der Waals surface area contributed by atoms with E-state index in [9.17, 15) is 9.90 Å². The number of aliphatic hydroxyl groups excluding tert-OH is 1. The molecule has 0 spiro atoms. The summed E-state index contributed by atoms with van der Waals surface area (Å²) in [4.78, 5) is 16.7. The van der Waals surface area contributed by atoms with E-state index < -0.39 is 5.97 Å². The first kappa shape index (κ1) is 16.7. The Bertz CT molecular complexity index is 728. The van der Waals surface area contributed by atoms with Crippen molar-refractivity contribution >= 4 is 22.7 Å². The molecule has 1 aliphatic rings. The Kier molecular flexibility index (Phi) is 4.99. The lowest BCUT2D eigenvalue weighted by molar-refractivity contribution is 0.0527. The van der Waals surface area contributed by atoms with Gasteiger partial charge in [0.2, 0.25) is 0 Å². The van der Waals surface area contributed by atoms with Crippen LogP contribution in [0.3, 0.4) is 0 Å². The number of anilines is 1. The molecule has 2 N–H and O–H groups in total. The SMILES string of the molecule is CCOC(=O)c1cnc2c(cnn2CC)c1NC1CCCC(O)C1. The quantitative estimate of drug-likeness (QED) is 0.817. The molecule has 0 aliphatic heterocycles. The minimum atomic E-state index is -0.394. The number of aromatic nitrogens is 3. The van der Waals surface area contributed by atoms with Crippen molar-refractivity contribution in [2.24, 2.45) is 0 Å². The van der Waals surface area contributed by atoms with Gasteiger partial charge < -0.3 is 15.2 Å². The van der Waals surface area contributed by atoms with Crippen molar-refractivity contribution < 1.29 is 14.6 Å². The molecule has 2 aromatic rings. The van der Waals surface area contributed by atoms with E-state index in [0.717, 1.165) is 30.3 Å². The van der Waals surface area contributed by atoms with Crippen LogP contribution in [0.2, 0.25) is 0 Å². The average molecular weight is 332 g/mol. The molecule has 1 aliphatic carbocycles. The molecule has 2 unspecified atom stereocenters. The Balaban J connectivity index is 2.01. The number of hydrogen-bond donors (Lipinski definition) is 2. The third kappa shape index (κ3) is 3.21. The summed E-state index contributed by atoms with van der Waals surface area (Å²) in [5, 5.41) is 18.5. The molecule has 7 nitrogen and oxygen atoms in total. The molecule has 0 saturated heterocycles. The average Bonchev–Trinajstić information content (AvgIpc) is 2.99. The Hall–Kier alpha value is -2.15. The Morgan fingerprint density at radius 3 is 2.96 bits per heavy atom. The van der Waals surface area contributed by atoms with E-state index in [0.29, 0.717) is 30.8 Å². The van der Waals surface area contributed by atoms with E-state index >= 15 is 0 Å². The number of rotatable bonds is 5. The van der Waals surface area contributed by atoms with Gasteiger partial charge in [0.05, 0.1) is 30.0 Å². The summed E-state index contributed by atoms with van der Waals surface area (Å²) in [7, 11) is 0. The number of ether oxygens (including phenoxy) is 1. The first-order valence-electron chi connectivity index (χ1n) is 8.60. The summed E-state index contributed by atoms with van der Waals surface area (Å²) in [6.45, 7) is 4.80. The second kappa shape index (κ2) is 7.17. The molecule has 24 heavy (non-hydrogen) atoms. The van der Waals surface area contributed by atoms with Crippen molar-refractivity contribution in [2.45, 2.75) is 58.2 Å². The second-order valence-electron chi connectivity index (χ2n) is 6.13. The van der Waals surface area contributed by atoms with Gasteiger partial charge in [0.15, 0.2) is 5.65 Å². The molecule has 3 rings (SSSR count). The van der Waals surface area contributed by atoms with Crippen molar-refractivity contribution in [1.82, 2.24) is 14.8 Å². The van der Waals surface area contributed by atoms with E-state index in [4.69, 9.17) is 4.74 Å². The van der Waals surface area contributed by atoms with Gasteiger partial charge in [-0.3, -0.25) is 0 Å². The summed E-state index contributed by atoms with van der Waals surface area (Å²) in [6, 6.07) is 0.123. The first-order chi connectivity index (χ1) is 11.6. The largest absolute Gasteiger partial charge is 0.462 e. The number of aryl methyl sites for hydroxylation is 1. The lowest BCUT2D eigenvalue weighted by Gasteiger charge is -2.28. The molecule has 2 atom stereocenters. The van der Waals surface area contributed by atoms with E-state index in [1.165, 1.54) is 0 Å². The maximum absolute atomic E-state index is 12.3. The minimum Gasteiger partial charge on any atom is -0.462 e. The number of pyridine rings is 1. The third-order valence-electron chi connectivity index (χ3n) is 4.46. The molecule has 130 valence electrons. The standard InChI is InChI=1S/C17H24N4O3/c1-3-21-16-13(10-19-21)15(14(9-18-16)17(23)24-4-2)20-11-6-5-7-12(22)8-11/h9-12,22H,3-8H2,1-2H3,(H,18,20). The number of fused-ring (bicyclic) bond motifs is 1. The molecule has 0 bridgehead atoms. The van der Waals surface area contributed by atoms with Crippen LogP contribution >= 0.6 is 0 Å². The fourth-order valence-electron chi connectivity index (χ4n) is 3.28. The second-order valence-corrected chi connectivity index (χ2v) is 6.13.